The molecular formula is C13H16N2O2S. The predicted molar refractivity (Wildman–Crippen MR) is 71.6 cm³/mol. The third-order valence-corrected chi connectivity index (χ3v) is 3.78. The van der Waals surface area contributed by atoms with E-state index in [1.54, 1.807) is 4.90 Å². The molecule has 2 heterocycles. The first kappa shape index (κ1) is 13.1. The maximum Gasteiger partial charge on any atom is 0.254 e. The zero-order chi connectivity index (χ0) is 13.0. The van der Waals surface area contributed by atoms with Crippen LogP contribution in [0.5, 0.6) is 0 Å². The minimum Gasteiger partial charge on any atom is -0.379 e. The summed E-state index contributed by atoms with van der Waals surface area (Å²) in [5.74, 6) is 5.75. The molecule has 0 aromatic carbocycles. The van der Waals surface area contributed by atoms with Crippen LogP contribution < -0.4 is 5.73 Å². The van der Waals surface area contributed by atoms with Gasteiger partial charge in [0, 0.05) is 19.0 Å². The SMILES string of the molecule is CN(C(=O)c1csc(C#CCN)c1)C1CCOC1. The lowest BCUT2D eigenvalue weighted by Gasteiger charge is -2.22. The first-order chi connectivity index (χ1) is 8.72. The van der Waals surface area contributed by atoms with Crippen molar-refractivity contribution >= 4 is 17.2 Å². The van der Waals surface area contributed by atoms with Crippen LogP contribution in [0.2, 0.25) is 0 Å². The number of amides is 1. The first-order valence-corrected chi connectivity index (χ1v) is 6.72. The molecule has 2 N–H and O–H groups in total. The van der Waals surface area contributed by atoms with Crippen LogP contribution >= 0.6 is 11.3 Å². The van der Waals surface area contributed by atoms with Gasteiger partial charge in [-0.2, -0.15) is 0 Å². The van der Waals surface area contributed by atoms with E-state index in [1.165, 1.54) is 11.3 Å². The van der Waals surface area contributed by atoms with Crippen molar-refractivity contribution in [3.63, 3.8) is 0 Å². The van der Waals surface area contributed by atoms with Gasteiger partial charge in [-0.1, -0.05) is 11.8 Å². The number of rotatable bonds is 2. The number of carbonyl (C=O) groups is 1. The highest BCUT2D eigenvalue weighted by molar-refractivity contribution is 7.10. The third-order valence-electron chi connectivity index (χ3n) is 2.93. The van der Waals surface area contributed by atoms with E-state index in [0.717, 1.165) is 17.9 Å². The molecule has 1 unspecified atom stereocenters. The second-order valence-electron chi connectivity index (χ2n) is 4.14. The summed E-state index contributed by atoms with van der Waals surface area (Å²) >= 11 is 1.47. The summed E-state index contributed by atoms with van der Waals surface area (Å²) in [7, 11) is 1.82. The van der Waals surface area contributed by atoms with Crippen LogP contribution in [0.4, 0.5) is 0 Å². The van der Waals surface area contributed by atoms with E-state index >= 15 is 0 Å². The molecule has 1 amide bonds. The van der Waals surface area contributed by atoms with Crippen molar-refractivity contribution in [2.45, 2.75) is 12.5 Å². The number of hydrogen-bond donors (Lipinski definition) is 1. The smallest absolute Gasteiger partial charge is 0.254 e. The van der Waals surface area contributed by atoms with Crippen molar-refractivity contribution in [3.05, 3.63) is 21.9 Å². The Hall–Kier alpha value is -1.35. The molecule has 1 saturated heterocycles. The van der Waals surface area contributed by atoms with E-state index < -0.39 is 0 Å². The summed E-state index contributed by atoms with van der Waals surface area (Å²) in [6.07, 6.45) is 0.909. The van der Waals surface area contributed by atoms with Gasteiger partial charge in [0.25, 0.3) is 5.91 Å². The second kappa shape index (κ2) is 6.01. The van der Waals surface area contributed by atoms with Crippen molar-refractivity contribution in [3.8, 4) is 11.8 Å². The molecule has 0 bridgehead atoms. The van der Waals surface area contributed by atoms with Gasteiger partial charge in [-0.3, -0.25) is 4.79 Å². The molecule has 4 nitrogen and oxygen atoms in total. The Morgan fingerprint density at radius 1 is 1.72 bits per heavy atom. The zero-order valence-electron chi connectivity index (χ0n) is 10.3. The summed E-state index contributed by atoms with van der Waals surface area (Å²) in [6, 6.07) is 2.01. The third kappa shape index (κ3) is 2.91. The molecule has 0 aliphatic carbocycles. The summed E-state index contributed by atoms with van der Waals surface area (Å²) in [5.41, 5.74) is 6.01. The van der Waals surface area contributed by atoms with Crippen LogP contribution in [0.1, 0.15) is 21.7 Å². The molecule has 1 fully saturated rings. The first-order valence-electron chi connectivity index (χ1n) is 5.84. The van der Waals surface area contributed by atoms with Gasteiger partial charge < -0.3 is 15.4 Å². The number of nitrogens with zero attached hydrogens (tertiary/aromatic N) is 1. The lowest BCUT2D eigenvalue weighted by molar-refractivity contribution is 0.0712. The van der Waals surface area contributed by atoms with Gasteiger partial charge in [0.2, 0.25) is 0 Å². The number of thiophene rings is 1. The predicted octanol–water partition coefficient (Wildman–Crippen LogP) is 0.919. The molecule has 0 radical (unpaired) electrons. The van der Waals surface area contributed by atoms with Crippen LogP contribution in [-0.2, 0) is 4.74 Å². The van der Waals surface area contributed by atoms with Gasteiger partial charge in [-0.15, -0.1) is 11.3 Å². The molecule has 0 saturated carbocycles. The molecule has 1 aliphatic rings. The standard InChI is InChI=1S/C13H16N2O2S/c1-15(11-4-6-17-8-11)13(16)10-7-12(18-9-10)3-2-5-14/h7,9,11H,4-6,8,14H2,1H3. The minimum absolute atomic E-state index is 0.0301. The van der Waals surface area contributed by atoms with Gasteiger partial charge in [0.05, 0.1) is 29.6 Å². The average Bonchev–Trinajstić information content (AvgIpc) is 3.05. The Bertz CT molecular complexity index is 481. The molecular weight excluding hydrogens is 248 g/mol. The van der Waals surface area contributed by atoms with Crippen molar-refractivity contribution in [2.75, 3.05) is 26.8 Å². The van der Waals surface area contributed by atoms with E-state index in [2.05, 4.69) is 11.8 Å². The summed E-state index contributed by atoms with van der Waals surface area (Å²) in [4.78, 5) is 14.9. The maximum absolute atomic E-state index is 12.2. The number of likely N-dealkylation sites (N-methyl/N-ethyl adjacent to an activating group) is 1. The molecule has 1 aliphatic heterocycles. The topological polar surface area (TPSA) is 55.6 Å². The van der Waals surface area contributed by atoms with E-state index in [-0.39, 0.29) is 11.9 Å². The molecule has 18 heavy (non-hydrogen) atoms. The highest BCUT2D eigenvalue weighted by atomic mass is 32.1. The van der Waals surface area contributed by atoms with Crippen LogP contribution in [0, 0.1) is 11.8 Å². The Balaban J connectivity index is 2.06. The molecule has 0 spiro atoms. The highest BCUT2D eigenvalue weighted by Gasteiger charge is 2.25. The number of carbonyl (C=O) groups excluding carboxylic acids is 1. The Morgan fingerprint density at radius 3 is 3.22 bits per heavy atom. The van der Waals surface area contributed by atoms with Crippen LogP contribution in [0.3, 0.4) is 0 Å². The van der Waals surface area contributed by atoms with Crippen LogP contribution in [0.15, 0.2) is 11.4 Å². The number of hydrogen-bond acceptors (Lipinski definition) is 4. The van der Waals surface area contributed by atoms with Crippen LogP contribution in [-0.4, -0.2) is 43.7 Å². The van der Waals surface area contributed by atoms with Crippen molar-refractivity contribution in [1.29, 1.82) is 0 Å². The maximum atomic E-state index is 12.2. The fourth-order valence-electron chi connectivity index (χ4n) is 1.85. The summed E-state index contributed by atoms with van der Waals surface area (Å²) < 4.78 is 5.30. The number of ether oxygens (including phenoxy) is 1. The van der Waals surface area contributed by atoms with Gasteiger partial charge in [-0.25, -0.2) is 0 Å². The molecule has 1 aromatic rings. The Kier molecular flexibility index (Phi) is 4.37. The molecule has 1 aromatic heterocycles. The summed E-state index contributed by atoms with van der Waals surface area (Å²) in [5, 5.41) is 1.84. The molecule has 2 rings (SSSR count). The lowest BCUT2D eigenvalue weighted by atomic mass is 10.2. The van der Waals surface area contributed by atoms with E-state index in [0.29, 0.717) is 18.7 Å². The minimum atomic E-state index is 0.0301. The number of nitrogens with two attached hydrogens (primary N) is 1. The van der Waals surface area contributed by atoms with E-state index in [9.17, 15) is 4.79 Å². The average molecular weight is 264 g/mol. The van der Waals surface area contributed by atoms with Crippen LogP contribution in [0.25, 0.3) is 0 Å². The van der Waals surface area contributed by atoms with Gasteiger partial charge >= 0.3 is 0 Å². The largest absolute Gasteiger partial charge is 0.379 e. The molecule has 1 atom stereocenters. The second-order valence-corrected chi connectivity index (χ2v) is 5.05. The highest BCUT2D eigenvalue weighted by Crippen LogP contribution is 2.18. The lowest BCUT2D eigenvalue weighted by Crippen LogP contribution is -2.37. The van der Waals surface area contributed by atoms with E-state index in [4.69, 9.17) is 10.5 Å². The quantitative estimate of drug-likeness (QED) is 0.808. The van der Waals surface area contributed by atoms with Gasteiger partial charge in [-0.05, 0) is 12.5 Å². The molecule has 5 heteroatoms. The van der Waals surface area contributed by atoms with Gasteiger partial charge in [0.1, 0.15) is 0 Å². The van der Waals surface area contributed by atoms with Crippen molar-refractivity contribution in [2.24, 2.45) is 5.73 Å². The molecule has 96 valence electrons. The normalized spacial score (nSPS) is 18.2. The van der Waals surface area contributed by atoms with E-state index in [1.807, 2.05) is 18.5 Å². The Labute approximate surface area is 111 Å². The van der Waals surface area contributed by atoms with Crippen molar-refractivity contribution < 1.29 is 9.53 Å². The fraction of sp³-hybridized carbons (Fsp3) is 0.462. The zero-order valence-corrected chi connectivity index (χ0v) is 11.1. The van der Waals surface area contributed by atoms with Crippen molar-refractivity contribution in [1.82, 2.24) is 4.90 Å². The monoisotopic (exact) mass is 264 g/mol. The van der Waals surface area contributed by atoms with Gasteiger partial charge in [0.15, 0.2) is 0 Å². The Morgan fingerprint density at radius 2 is 2.56 bits per heavy atom. The fourth-order valence-corrected chi connectivity index (χ4v) is 2.60. The summed E-state index contributed by atoms with van der Waals surface area (Å²) in [6.45, 7) is 1.70.